The summed E-state index contributed by atoms with van der Waals surface area (Å²) in [6, 6.07) is 25.0. The number of nitrogens with zero attached hydrogens (tertiary/aromatic N) is 1. The van der Waals surface area contributed by atoms with Crippen molar-refractivity contribution in [2.45, 2.75) is 0 Å². The van der Waals surface area contributed by atoms with Crippen LogP contribution >= 0.6 is 0 Å². The molecule has 3 aromatic carbocycles. The zero-order valence-corrected chi connectivity index (χ0v) is 15.2. The summed E-state index contributed by atoms with van der Waals surface area (Å²) in [6.45, 7) is -0.00855. The maximum Gasteiger partial charge on any atom is 0.312 e. The van der Waals surface area contributed by atoms with Gasteiger partial charge in [0.25, 0.3) is 0 Å². The van der Waals surface area contributed by atoms with Gasteiger partial charge in [0.2, 0.25) is 0 Å². The van der Waals surface area contributed by atoms with E-state index in [-0.39, 0.29) is 18.1 Å². The number of benzene rings is 3. The molecule has 27 heavy (non-hydrogen) atoms. The maximum absolute atomic E-state index is 12.0. The van der Waals surface area contributed by atoms with E-state index in [0.717, 1.165) is 11.1 Å². The lowest BCUT2D eigenvalue weighted by Crippen LogP contribution is -2.19. The average molecular weight is 379 g/mol. The van der Waals surface area contributed by atoms with Gasteiger partial charge in [-0.15, -0.1) is 0 Å². The van der Waals surface area contributed by atoms with E-state index in [2.05, 4.69) is 6.07 Å². The van der Waals surface area contributed by atoms with Crippen molar-refractivity contribution in [3.63, 3.8) is 0 Å². The summed E-state index contributed by atoms with van der Waals surface area (Å²) in [4.78, 5) is 0. The number of hydrogen-bond acceptors (Lipinski definition) is 5. The zero-order valence-electron chi connectivity index (χ0n) is 14.4. The molecule has 0 saturated heterocycles. The van der Waals surface area contributed by atoms with Gasteiger partial charge in [-0.05, 0) is 47.5 Å². The molecule has 0 atom stereocenters. The Labute approximate surface area is 158 Å². The van der Waals surface area contributed by atoms with Crippen LogP contribution in [0.5, 0.6) is 11.5 Å². The summed E-state index contributed by atoms with van der Waals surface area (Å²) in [5.74, 6) is 0.603. The number of rotatable bonds is 7. The molecular formula is C21H17NO4S. The summed E-state index contributed by atoms with van der Waals surface area (Å²) in [5.41, 5.74) is 2.57. The highest BCUT2D eigenvalue weighted by Crippen LogP contribution is 2.23. The third kappa shape index (κ3) is 5.33. The minimum absolute atomic E-state index is 0.00855. The molecule has 0 N–H and O–H groups in total. The average Bonchev–Trinajstić information content (AvgIpc) is 2.69. The van der Waals surface area contributed by atoms with Gasteiger partial charge in [0.05, 0.1) is 11.6 Å². The number of nitriles is 1. The number of para-hydroxylation sites is 1. The first kappa shape index (κ1) is 18.5. The molecule has 0 fully saturated rings. The van der Waals surface area contributed by atoms with Crippen molar-refractivity contribution in [2.24, 2.45) is 0 Å². The van der Waals surface area contributed by atoms with Crippen LogP contribution in [0.4, 0.5) is 0 Å². The molecule has 0 aliphatic heterocycles. The zero-order chi connectivity index (χ0) is 19.1. The van der Waals surface area contributed by atoms with Crippen molar-refractivity contribution in [1.29, 1.82) is 5.26 Å². The van der Waals surface area contributed by atoms with Gasteiger partial charge in [0.1, 0.15) is 23.9 Å². The second kappa shape index (κ2) is 8.39. The van der Waals surface area contributed by atoms with Gasteiger partial charge in [0.15, 0.2) is 0 Å². The van der Waals surface area contributed by atoms with Crippen LogP contribution in [0.15, 0.2) is 78.9 Å². The summed E-state index contributed by atoms with van der Waals surface area (Å²) >= 11 is 0. The molecule has 6 heteroatoms. The van der Waals surface area contributed by atoms with Gasteiger partial charge in [-0.3, -0.25) is 0 Å². The molecule has 0 heterocycles. The third-order valence-corrected chi connectivity index (χ3v) is 4.88. The van der Waals surface area contributed by atoms with Gasteiger partial charge in [-0.25, -0.2) is 0 Å². The summed E-state index contributed by atoms with van der Waals surface area (Å²) in [7, 11) is -3.71. The quantitative estimate of drug-likeness (QED) is 0.580. The van der Waals surface area contributed by atoms with E-state index in [4.69, 9.17) is 14.2 Å². The van der Waals surface area contributed by atoms with Crippen molar-refractivity contribution in [1.82, 2.24) is 0 Å². The largest absolute Gasteiger partial charge is 0.492 e. The first-order valence-corrected chi connectivity index (χ1v) is 9.84. The molecule has 5 nitrogen and oxygen atoms in total. The summed E-state index contributed by atoms with van der Waals surface area (Å²) in [5, 5.41) is 8.84. The van der Waals surface area contributed by atoms with E-state index >= 15 is 0 Å². The van der Waals surface area contributed by atoms with Gasteiger partial charge >= 0.3 is 10.1 Å². The smallest absolute Gasteiger partial charge is 0.312 e. The maximum atomic E-state index is 12.0. The third-order valence-electron chi connectivity index (χ3n) is 3.77. The molecule has 3 rings (SSSR count). The standard InChI is InChI=1S/C21H17NO4S/c22-16-17-6-8-18(9-7-17)19-10-12-20(13-11-19)25-14-15-27(23,24)26-21-4-2-1-3-5-21/h1-13H,14-15H2. The second-order valence-electron chi connectivity index (χ2n) is 5.72. The highest BCUT2D eigenvalue weighted by molar-refractivity contribution is 7.87. The van der Waals surface area contributed by atoms with Crippen LogP contribution < -0.4 is 8.92 Å². The SMILES string of the molecule is N#Cc1ccc(-c2ccc(OCCS(=O)(=O)Oc3ccccc3)cc2)cc1. The molecule has 0 aliphatic carbocycles. The summed E-state index contributed by atoms with van der Waals surface area (Å²) < 4.78 is 34.4. The molecule has 0 spiro atoms. The Morgan fingerprint density at radius 3 is 1.96 bits per heavy atom. The highest BCUT2D eigenvalue weighted by Gasteiger charge is 2.13. The van der Waals surface area contributed by atoms with E-state index in [0.29, 0.717) is 11.3 Å². The first-order valence-electron chi connectivity index (χ1n) is 8.26. The first-order chi connectivity index (χ1) is 13.1. The molecular weight excluding hydrogens is 362 g/mol. The van der Waals surface area contributed by atoms with E-state index < -0.39 is 10.1 Å². The molecule has 0 aliphatic rings. The lowest BCUT2D eigenvalue weighted by molar-refractivity contribution is 0.336. The van der Waals surface area contributed by atoms with E-state index in [1.807, 2.05) is 24.3 Å². The lowest BCUT2D eigenvalue weighted by Gasteiger charge is -2.09. The predicted molar refractivity (Wildman–Crippen MR) is 103 cm³/mol. The molecule has 0 bridgehead atoms. The van der Waals surface area contributed by atoms with Crippen molar-refractivity contribution < 1.29 is 17.3 Å². The predicted octanol–water partition coefficient (Wildman–Crippen LogP) is 4.01. The Bertz CT molecular complexity index is 1020. The van der Waals surface area contributed by atoms with Crippen molar-refractivity contribution in [2.75, 3.05) is 12.4 Å². The van der Waals surface area contributed by atoms with Gasteiger partial charge in [0, 0.05) is 0 Å². The monoisotopic (exact) mass is 379 g/mol. The fourth-order valence-corrected chi connectivity index (χ4v) is 3.18. The van der Waals surface area contributed by atoms with E-state index in [1.54, 1.807) is 54.6 Å². The molecule has 0 unspecified atom stereocenters. The molecule has 0 aromatic heterocycles. The van der Waals surface area contributed by atoms with Crippen LogP contribution in [-0.4, -0.2) is 20.8 Å². The van der Waals surface area contributed by atoms with Crippen molar-refractivity contribution >= 4 is 10.1 Å². The lowest BCUT2D eigenvalue weighted by atomic mass is 10.0. The Morgan fingerprint density at radius 1 is 0.778 bits per heavy atom. The summed E-state index contributed by atoms with van der Waals surface area (Å²) in [6.07, 6.45) is 0. The fraction of sp³-hybridized carbons (Fsp3) is 0.0952. The van der Waals surface area contributed by atoms with Crippen molar-refractivity contribution in [3.8, 4) is 28.7 Å². The normalized spacial score (nSPS) is 10.8. The Morgan fingerprint density at radius 2 is 1.37 bits per heavy atom. The Balaban J connectivity index is 1.55. The van der Waals surface area contributed by atoms with Crippen LogP contribution in [0.3, 0.4) is 0 Å². The topological polar surface area (TPSA) is 76.4 Å². The molecule has 0 amide bonds. The second-order valence-corrected chi connectivity index (χ2v) is 7.41. The number of hydrogen-bond donors (Lipinski definition) is 0. The molecule has 0 radical (unpaired) electrons. The van der Waals surface area contributed by atoms with Crippen LogP contribution in [0.25, 0.3) is 11.1 Å². The van der Waals surface area contributed by atoms with Crippen molar-refractivity contribution in [3.05, 3.63) is 84.4 Å². The number of ether oxygens (including phenoxy) is 1. The van der Waals surface area contributed by atoms with E-state index in [9.17, 15) is 8.42 Å². The van der Waals surface area contributed by atoms with Crippen LogP contribution in [0.2, 0.25) is 0 Å². The van der Waals surface area contributed by atoms with Crippen LogP contribution in [0.1, 0.15) is 5.56 Å². The fourth-order valence-electron chi connectivity index (χ4n) is 2.41. The minimum Gasteiger partial charge on any atom is -0.492 e. The van der Waals surface area contributed by atoms with Crippen LogP contribution in [-0.2, 0) is 10.1 Å². The molecule has 136 valence electrons. The Kier molecular flexibility index (Phi) is 5.74. The molecule has 3 aromatic rings. The van der Waals surface area contributed by atoms with Gasteiger partial charge < -0.3 is 8.92 Å². The van der Waals surface area contributed by atoms with E-state index in [1.165, 1.54) is 0 Å². The Hall–Kier alpha value is -3.30. The minimum atomic E-state index is -3.71. The highest BCUT2D eigenvalue weighted by atomic mass is 32.2. The van der Waals surface area contributed by atoms with Crippen LogP contribution in [0, 0.1) is 11.3 Å². The van der Waals surface area contributed by atoms with Gasteiger partial charge in [-0.1, -0.05) is 42.5 Å². The van der Waals surface area contributed by atoms with Gasteiger partial charge in [-0.2, -0.15) is 13.7 Å². The molecule has 0 saturated carbocycles.